The Morgan fingerprint density at radius 1 is 0.952 bits per heavy atom. The number of aryl methyl sites for hydroxylation is 1. The van der Waals surface area contributed by atoms with Gasteiger partial charge < -0.3 is 4.42 Å². The van der Waals surface area contributed by atoms with Crippen LogP contribution in [0.2, 0.25) is 0 Å². The van der Waals surface area contributed by atoms with E-state index in [4.69, 9.17) is 4.42 Å². The summed E-state index contributed by atoms with van der Waals surface area (Å²) in [6.07, 6.45) is 0. The fraction of sp³-hybridized carbons (Fsp3) is 0.0556. The van der Waals surface area contributed by atoms with Gasteiger partial charge in [0.2, 0.25) is 0 Å². The monoisotopic (exact) mass is 275 g/mol. The van der Waals surface area contributed by atoms with Crippen LogP contribution in [0.1, 0.15) is 5.56 Å². The zero-order valence-electron chi connectivity index (χ0n) is 11.5. The number of nitrogens with zero attached hydrogens (tertiary/aromatic N) is 1. The third kappa shape index (κ3) is 1.78. The van der Waals surface area contributed by atoms with Crippen molar-refractivity contribution in [2.45, 2.75) is 6.92 Å². The van der Waals surface area contributed by atoms with Crippen LogP contribution in [-0.4, -0.2) is 4.40 Å². The van der Waals surface area contributed by atoms with E-state index in [9.17, 15) is 4.79 Å². The second-order valence-electron chi connectivity index (χ2n) is 5.15. The molecule has 0 aliphatic rings. The Morgan fingerprint density at radius 2 is 1.76 bits per heavy atom. The normalized spacial score (nSPS) is 11.3. The van der Waals surface area contributed by atoms with Gasteiger partial charge in [-0.3, -0.25) is 0 Å². The summed E-state index contributed by atoms with van der Waals surface area (Å²) < 4.78 is 7.11. The van der Waals surface area contributed by atoms with Crippen molar-refractivity contribution in [1.82, 2.24) is 4.40 Å². The molecule has 4 rings (SSSR count). The Kier molecular flexibility index (Phi) is 2.48. The van der Waals surface area contributed by atoms with E-state index < -0.39 is 0 Å². The van der Waals surface area contributed by atoms with Crippen LogP contribution < -0.4 is 5.76 Å². The molecule has 3 nitrogen and oxygen atoms in total. The molecule has 0 aliphatic heterocycles. The molecule has 0 unspecified atom stereocenters. The minimum absolute atomic E-state index is 0.355. The minimum atomic E-state index is -0.355. The molecule has 2 aromatic carbocycles. The standard InChI is InChI=1S/C18H13NO2/c1-12-6-5-9-16-15(12)10-14-11-17(21-18(20)19(14)16)13-7-3-2-4-8-13/h2-11H,1H3. The van der Waals surface area contributed by atoms with Crippen LogP contribution in [0.3, 0.4) is 0 Å². The molecular weight excluding hydrogens is 262 g/mol. The van der Waals surface area contributed by atoms with Gasteiger partial charge in [-0.1, -0.05) is 42.5 Å². The highest BCUT2D eigenvalue weighted by atomic mass is 16.4. The number of rotatable bonds is 1. The van der Waals surface area contributed by atoms with Gasteiger partial charge in [0.25, 0.3) is 0 Å². The zero-order valence-corrected chi connectivity index (χ0v) is 11.5. The fourth-order valence-corrected chi connectivity index (χ4v) is 2.76. The Hall–Kier alpha value is -2.81. The van der Waals surface area contributed by atoms with E-state index in [0.29, 0.717) is 5.76 Å². The molecule has 2 aromatic heterocycles. The topological polar surface area (TPSA) is 34.6 Å². The fourth-order valence-electron chi connectivity index (χ4n) is 2.76. The molecule has 0 bridgehead atoms. The highest BCUT2D eigenvalue weighted by molar-refractivity contribution is 5.90. The molecule has 0 N–H and O–H groups in total. The zero-order chi connectivity index (χ0) is 14.4. The van der Waals surface area contributed by atoms with E-state index >= 15 is 0 Å². The molecule has 4 aromatic rings. The van der Waals surface area contributed by atoms with E-state index in [1.807, 2.05) is 67.6 Å². The molecule has 0 spiro atoms. The van der Waals surface area contributed by atoms with Crippen LogP contribution in [0, 0.1) is 6.92 Å². The highest BCUT2D eigenvalue weighted by Gasteiger charge is 2.11. The number of benzene rings is 2. The van der Waals surface area contributed by atoms with E-state index in [0.717, 1.165) is 27.5 Å². The molecule has 2 heterocycles. The lowest BCUT2D eigenvalue weighted by molar-refractivity contribution is 0.493. The van der Waals surface area contributed by atoms with Crippen molar-refractivity contribution >= 4 is 16.4 Å². The summed E-state index contributed by atoms with van der Waals surface area (Å²) in [5, 5.41) is 1.08. The first-order valence-corrected chi connectivity index (χ1v) is 6.84. The lowest BCUT2D eigenvalue weighted by Crippen LogP contribution is -2.10. The molecular formula is C18H13NO2. The molecule has 0 radical (unpaired) electrons. The SMILES string of the molecule is Cc1cccc2c1cc1cc(-c3ccccc3)oc(=O)n12. The second kappa shape index (κ2) is 4.35. The molecule has 0 amide bonds. The van der Waals surface area contributed by atoms with Crippen molar-refractivity contribution in [3.63, 3.8) is 0 Å². The Bertz CT molecular complexity index is 1010. The van der Waals surface area contributed by atoms with Gasteiger partial charge in [-0.05, 0) is 24.6 Å². The van der Waals surface area contributed by atoms with E-state index in [2.05, 4.69) is 0 Å². The van der Waals surface area contributed by atoms with Crippen molar-refractivity contribution in [1.29, 1.82) is 0 Å². The third-order valence-corrected chi connectivity index (χ3v) is 3.81. The first kappa shape index (κ1) is 12.0. The maximum Gasteiger partial charge on any atom is 0.424 e. The van der Waals surface area contributed by atoms with Gasteiger partial charge in [0, 0.05) is 17.0 Å². The molecule has 102 valence electrons. The van der Waals surface area contributed by atoms with Crippen molar-refractivity contribution in [2.75, 3.05) is 0 Å². The summed E-state index contributed by atoms with van der Waals surface area (Å²) in [4.78, 5) is 12.4. The summed E-state index contributed by atoms with van der Waals surface area (Å²) in [5.41, 5.74) is 3.80. The van der Waals surface area contributed by atoms with Crippen LogP contribution in [0.25, 0.3) is 27.7 Å². The maximum atomic E-state index is 12.4. The molecule has 21 heavy (non-hydrogen) atoms. The number of aromatic nitrogens is 1. The first-order chi connectivity index (χ1) is 10.2. The Labute approximate surface area is 121 Å². The smallest absolute Gasteiger partial charge is 0.409 e. The van der Waals surface area contributed by atoms with Gasteiger partial charge >= 0.3 is 5.76 Å². The molecule has 0 saturated carbocycles. The quantitative estimate of drug-likeness (QED) is 0.526. The average molecular weight is 275 g/mol. The summed E-state index contributed by atoms with van der Waals surface area (Å²) in [7, 11) is 0. The van der Waals surface area contributed by atoms with Gasteiger partial charge in [-0.2, -0.15) is 0 Å². The van der Waals surface area contributed by atoms with E-state index in [-0.39, 0.29) is 5.76 Å². The Morgan fingerprint density at radius 3 is 2.57 bits per heavy atom. The van der Waals surface area contributed by atoms with Gasteiger partial charge in [0.15, 0.2) is 0 Å². The largest absolute Gasteiger partial charge is 0.424 e. The Balaban J connectivity index is 2.10. The van der Waals surface area contributed by atoms with Crippen LogP contribution in [-0.2, 0) is 0 Å². The van der Waals surface area contributed by atoms with E-state index in [1.165, 1.54) is 0 Å². The lowest BCUT2D eigenvalue weighted by atomic mass is 10.1. The van der Waals surface area contributed by atoms with Crippen LogP contribution >= 0.6 is 0 Å². The molecule has 0 atom stereocenters. The summed E-state index contributed by atoms with van der Waals surface area (Å²) in [6, 6.07) is 19.5. The van der Waals surface area contributed by atoms with Gasteiger partial charge in [-0.25, -0.2) is 9.20 Å². The number of hydrogen-bond donors (Lipinski definition) is 0. The van der Waals surface area contributed by atoms with Crippen LogP contribution in [0.15, 0.2) is 69.9 Å². The summed E-state index contributed by atoms with van der Waals surface area (Å²) in [6.45, 7) is 2.04. The van der Waals surface area contributed by atoms with Crippen LogP contribution in [0.4, 0.5) is 0 Å². The molecule has 0 fully saturated rings. The van der Waals surface area contributed by atoms with Crippen molar-refractivity contribution in [3.8, 4) is 11.3 Å². The predicted molar refractivity (Wildman–Crippen MR) is 83.6 cm³/mol. The van der Waals surface area contributed by atoms with E-state index in [1.54, 1.807) is 4.40 Å². The van der Waals surface area contributed by atoms with Crippen LogP contribution in [0.5, 0.6) is 0 Å². The lowest BCUT2D eigenvalue weighted by Gasteiger charge is -2.01. The van der Waals surface area contributed by atoms with Crippen molar-refractivity contribution < 1.29 is 4.42 Å². The minimum Gasteiger partial charge on any atom is -0.409 e. The number of fused-ring (bicyclic) bond motifs is 3. The average Bonchev–Trinajstić information content (AvgIpc) is 2.89. The summed E-state index contributed by atoms with van der Waals surface area (Å²) in [5.74, 6) is 0.237. The highest BCUT2D eigenvalue weighted by Crippen LogP contribution is 2.25. The number of hydrogen-bond acceptors (Lipinski definition) is 2. The second-order valence-corrected chi connectivity index (χ2v) is 5.15. The molecule has 0 saturated heterocycles. The maximum absolute atomic E-state index is 12.4. The van der Waals surface area contributed by atoms with Gasteiger partial charge in [0.1, 0.15) is 5.76 Å². The van der Waals surface area contributed by atoms with Gasteiger partial charge in [-0.15, -0.1) is 0 Å². The van der Waals surface area contributed by atoms with Crippen molar-refractivity contribution in [2.24, 2.45) is 0 Å². The molecule has 3 heteroatoms. The van der Waals surface area contributed by atoms with Gasteiger partial charge in [0.05, 0.1) is 11.0 Å². The summed E-state index contributed by atoms with van der Waals surface area (Å²) >= 11 is 0. The predicted octanol–water partition coefficient (Wildman–Crippen LogP) is 4.02. The first-order valence-electron chi connectivity index (χ1n) is 6.84. The molecule has 0 aliphatic carbocycles. The third-order valence-electron chi connectivity index (χ3n) is 3.81. The van der Waals surface area contributed by atoms with Crippen molar-refractivity contribution in [3.05, 3.63) is 76.8 Å².